The Bertz CT molecular complexity index is 5890. The number of hydrogen-bond acceptors (Lipinski definition) is 4. The number of rotatable bonds is 4. The summed E-state index contributed by atoms with van der Waals surface area (Å²) in [7, 11) is 0. The van der Waals surface area contributed by atoms with E-state index in [1.165, 1.54) is 24.3 Å². The third-order valence-electron chi connectivity index (χ3n) is 22.7. The first kappa shape index (κ1) is 73.7. The summed E-state index contributed by atoms with van der Waals surface area (Å²) in [6, 6.07) is 28.5. The van der Waals surface area contributed by atoms with Crippen LogP contribution in [0.15, 0.2) is 97.1 Å². The quantitative estimate of drug-likeness (QED) is 0.0974. The minimum Gasteiger partial charge on any atom is -0.657 e. The maximum absolute atomic E-state index is 15.6. The first-order valence-electron chi connectivity index (χ1n) is 33.6. The molecule has 0 saturated heterocycles. The Labute approximate surface area is 647 Å². The van der Waals surface area contributed by atoms with E-state index in [1.807, 2.05) is 69.2 Å². The molecule has 0 spiro atoms. The van der Waals surface area contributed by atoms with Gasteiger partial charge in [0.1, 0.15) is 0 Å². The van der Waals surface area contributed by atoms with E-state index >= 15 is 26.3 Å². The summed E-state index contributed by atoms with van der Waals surface area (Å²) in [5.41, 5.74) is 29.2. The third kappa shape index (κ3) is 11.2. The smallest absolute Gasteiger partial charge is 0.657 e. The SMILES string of the molecule is CC1=C(C)c2nc1cc1[n-]c(c(C)c1C)c(-c1ccc3c(c1)C(C)(C)c1cc(-c4c5nc(cc6[n-]c(c(C)c6C)c(I)c6nc(c(-c7ccccc7C(F)(F)F)c7[n-]c4c(C)c7C)C(C)=C6C)C(C)=C5C)ccc1-3)c1nc(c(-c3ccccc3C(F)(F)F)c3[n-]c(c(C)c3C)c2I)C(C)=C1C.[Zn+2].[Zn+2]. The molecule has 18 heteroatoms. The van der Waals surface area contributed by atoms with Crippen molar-refractivity contribution in [2.45, 2.75) is 142 Å². The van der Waals surface area contributed by atoms with Gasteiger partial charge in [-0.1, -0.05) is 131 Å². The summed E-state index contributed by atoms with van der Waals surface area (Å²) in [6.45, 7) is 36.5. The molecule has 1 aliphatic carbocycles. The van der Waals surface area contributed by atoms with Gasteiger partial charge in [0, 0.05) is 12.6 Å². The van der Waals surface area contributed by atoms with Crippen LogP contribution in [0.5, 0.6) is 0 Å². The van der Waals surface area contributed by atoms with Crippen LogP contribution in [0.3, 0.4) is 0 Å². The molecule has 8 nitrogen and oxygen atoms in total. The van der Waals surface area contributed by atoms with Gasteiger partial charge in [-0.3, -0.25) is 0 Å². The topological polar surface area (TPSA) is 108 Å². The number of alkyl halides is 6. The summed E-state index contributed by atoms with van der Waals surface area (Å²) in [5.74, 6) is 0. The molecule has 16 bridgehead atoms. The van der Waals surface area contributed by atoms with Gasteiger partial charge in [0.05, 0.1) is 56.7 Å². The number of benzene rings is 4. The second-order valence-electron chi connectivity index (χ2n) is 28.3. The molecule has 4 aliphatic heterocycles. The molecular weight excluding hydrogens is 1630 g/mol. The molecule has 10 heterocycles. The van der Waals surface area contributed by atoms with Gasteiger partial charge in [0.15, 0.2) is 0 Å². The van der Waals surface area contributed by atoms with Crippen molar-refractivity contribution in [3.05, 3.63) is 217 Å². The molecular formula is C85H70F6I2N8Zn2. The van der Waals surface area contributed by atoms with E-state index in [1.54, 1.807) is 12.1 Å². The first-order valence-corrected chi connectivity index (χ1v) is 35.8. The second-order valence-corrected chi connectivity index (χ2v) is 30.4. The van der Waals surface area contributed by atoms with Crippen LogP contribution in [-0.4, -0.2) is 19.9 Å². The maximum Gasteiger partial charge on any atom is 2.00 e. The fourth-order valence-electron chi connectivity index (χ4n) is 15.5. The molecule has 0 fully saturated rings. The minimum atomic E-state index is -4.71. The third-order valence-corrected chi connectivity index (χ3v) is 24.7. The number of aryl methyl sites for hydroxylation is 8. The summed E-state index contributed by atoms with van der Waals surface area (Å²) in [5, 5.41) is 0. The van der Waals surface area contributed by atoms with Crippen LogP contribution < -0.4 is 19.9 Å². The van der Waals surface area contributed by atoms with Crippen molar-refractivity contribution >= 4 is 134 Å². The van der Waals surface area contributed by atoms with Gasteiger partial charge in [-0.25, -0.2) is 19.9 Å². The molecule has 0 amide bonds. The minimum absolute atomic E-state index is 0. The van der Waals surface area contributed by atoms with Crippen LogP contribution in [0.1, 0.15) is 182 Å². The standard InChI is InChI=1S/C85H70F6I2N8.2Zn/c1-35-39(5)71-65(73-43(9)45(11)75(98-73)67(55-23-19-21-25-57(55)84(86,87)88)77-47(13)49(15)81(100-77)69(92)79-41(7)37(3)63(96-79)33-61(35)94-71)51-27-29-53-54-30-28-52(32-60(54)83(17,18)59(53)31-51)66-72-40(6)36(2)62(95-72)34-64-38(4)42(8)80(97-64)70(93)82-50(16)48(14)78(101-82)68(76-46(12)44(10)74(66)99-76)56-24-20-22-26-58(56)85(89,90)91;;/h19-34H,1-18H3;;/q-4;2*+2. The normalized spacial score (nSPS) is 14.3. The molecule has 0 unspecified atom stereocenters. The zero-order chi connectivity index (χ0) is 72.2. The zero-order valence-electron chi connectivity index (χ0n) is 60.8. The largest absolute Gasteiger partial charge is 2.00 e. The number of halogens is 8. The van der Waals surface area contributed by atoms with Crippen molar-refractivity contribution in [3.63, 3.8) is 0 Å². The number of fused-ring (bicyclic) bond motifs is 19. The van der Waals surface area contributed by atoms with E-state index in [0.29, 0.717) is 67.2 Å². The van der Waals surface area contributed by atoms with E-state index in [-0.39, 0.29) is 61.2 Å². The Morgan fingerprint density at radius 1 is 0.320 bits per heavy atom. The molecule has 0 atom stereocenters. The average Bonchev–Trinajstić information content (AvgIpc) is 1.58. The summed E-state index contributed by atoms with van der Waals surface area (Å²) in [4.78, 5) is 43.5. The van der Waals surface area contributed by atoms with Gasteiger partial charge in [0.25, 0.3) is 0 Å². The monoisotopic (exact) mass is 1700 g/mol. The van der Waals surface area contributed by atoms with Crippen LogP contribution >= 0.6 is 45.2 Å². The van der Waals surface area contributed by atoms with E-state index in [9.17, 15) is 0 Å². The predicted octanol–water partition coefficient (Wildman–Crippen LogP) is 23.9. The van der Waals surface area contributed by atoms with E-state index in [0.717, 1.165) is 175 Å². The second kappa shape index (κ2) is 25.9. The van der Waals surface area contributed by atoms with Crippen molar-refractivity contribution in [3.8, 4) is 55.6 Å². The molecule has 0 saturated carbocycles. The number of hydrogen-bond donors (Lipinski definition) is 0. The van der Waals surface area contributed by atoms with Gasteiger partial charge in [-0.2, -0.15) is 26.3 Å². The van der Waals surface area contributed by atoms with Crippen LogP contribution in [0, 0.1) is 62.5 Å². The summed E-state index contributed by atoms with van der Waals surface area (Å²) < 4.78 is 95.0. The van der Waals surface area contributed by atoms with Crippen molar-refractivity contribution in [1.82, 2.24) is 39.9 Å². The molecule has 6 aromatic heterocycles. The molecule has 0 radical (unpaired) electrons. The Hall–Kier alpha value is -7.63. The predicted molar refractivity (Wildman–Crippen MR) is 417 cm³/mol. The molecule has 103 heavy (non-hydrogen) atoms. The Morgan fingerprint density at radius 2 is 0.621 bits per heavy atom. The Kier molecular flexibility index (Phi) is 18.5. The molecule has 15 rings (SSSR count). The van der Waals surface area contributed by atoms with Crippen molar-refractivity contribution in [2.24, 2.45) is 0 Å². The van der Waals surface area contributed by atoms with Gasteiger partial charge in [-0.05, 0) is 292 Å². The molecule has 0 N–H and O–H groups in total. The maximum atomic E-state index is 15.6. The molecule has 10 aromatic rings. The van der Waals surface area contributed by atoms with Crippen LogP contribution in [-0.2, 0) is 56.7 Å². The van der Waals surface area contributed by atoms with Gasteiger partial charge in [0.2, 0.25) is 0 Å². The average molecular weight is 1700 g/mol. The van der Waals surface area contributed by atoms with Crippen LogP contribution in [0.2, 0.25) is 0 Å². The van der Waals surface area contributed by atoms with Gasteiger partial charge in [-0.15, -0.1) is 44.1 Å². The van der Waals surface area contributed by atoms with Gasteiger partial charge < -0.3 is 19.9 Å². The molecule has 510 valence electrons. The summed E-state index contributed by atoms with van der Waals surface area (Å²) in [6.07, 6.45) is -9.43. The Morgan fingerprint density at radius 3 is 1.08 bits per heavy atom. The fourth-order valence-corrected chi connectivity index (χ4v) is 17.6. The van der Waals surface area contributed by atoms with E-state index in [2.05, 4.69) is 149 Å². The van der Waals surface area contributed by atoms with Crippen molar-refractivity contribution in [1.29, 1.82) is 0 Å². The van der Waals surface area contributed by atoms with E-state index < -0.39 is 28.9 Å². The van der Waals surface area contributed by atoms with Crippen molar-refractivity contribution in [2.75, 3.05) is 0 Å². The van der Waals surface area contributed by atoms with E-state index in [4.69, 9.17) is 39.9 Å². The Balaban J connectivity index is 0.00000472. The number of aromatic nitrogens is 8. The number of nitrogens with zero attached hydrogens (tertiary/aromatic N) is 8. The van der Waals surface area contributed by atoms with Crippen LogP contribution in [0.25, 0.3) is 144 Å². The zero-order valence-corrected chi connectivity index (χ0v) is 71.0. The molecule has 4 aromatic carbocycles. The summed E-state index contributed by atoms with van der Waals surface area (Å²) >= 11 is 4.59. The number of allylic oxidation sites excluding steroid dienone is 8. The van der Waals surface area contributed by atoms with Crippen molar-refractivity contribution < 1.29 is 65.3 Å². The van der Waals surface area contributed by atoms with Crippen LogP contribution in [0.4, 0.5) is 26.3 Å². The first-order chi connectivity index (χ1) is 47.6. The van der Waals surface area contributed by atoms with Gasteiger partial charge >= 0.3 is 51.3 Å². The fraction of sp³-hybridized carbons (Fsp3) is 0.247. The molecule has 5 aliphatic rings.